The zero-order valence-electron chi connectivity index (χ0n) is 16.8. The van der Waals surface area contributed by atoms with E-state index < -0.39 is 25.0 Å². The second-order valence-corrected chi connectivity index (χ2v) is 5.80. The number of carbonyl (C=O) groups excluding carboxylic acids is 1. The number of amides is 1. The van der Waals surface area contributed by atoms with E-state index in [1.54, 1.807) is 12.1 Å². The molecule has 1 aromatic carbocycles. The highest BCUT2D eigenvalue weighted by atomic mass is 19.1. The Hall–Kier alpha value is -3.40. The van der Waals surface area contributed by atoms with E-state index in [1.165, 1.54) is 29.3 Å². The summed E-state index contributed by atoms with van der Waals surface area (Å²) in [6, 6.07) is 7.38. The number of tetrazole rings is 1. The van der Waals surface area contributed by atoms with Gasteiger partial charge in [0.05, 0.1) is 25.8 Å². The van der Waals surface area contributed by atoms with Crippen molar-refractivity contribution in [2.75, 3.05) is 18.1 Å². The fraction of sp³-hybridized carbons (Fsp3) is 0.235. The zero-order chi connectivity index (χ0) is 21.5. The summed E-state index contributed by atoms with van der Waals surface area (Å²) in [4.78, 5) is 17.8. The Balaban J connectivity index is 1.56. The number of nitrogens with zero attached hydrogens (tertiary/aromatic N) is 6. The Morgan fingerprint density at radius 1 is 1.41 bits per heavy atom. The first kappa shape index (κ1) is 13.8. The number of aromatic nitrogens is 5. The van der Waals surface area contributed by atoms with E-state index in [4.69, 9.17) is 14.0 Å². The summed E-state index contributed by atoms with van der Waals surface area (Å²) < 4.78 is 41.4. The Bertz CT molecular complexity index is 1090. The number of aliphatic hydroxyl groups excluding tert-OH is 1. The lowest BCUT2D eigenvalue weighted by atomic mass is 10.1. The monoisotopic (exact) mass is 374 g/mol. The number of aryl methyl sites for hydroxylation is 1. The summed E-state index contributed by atoms with van der Waals surface area (Å²) in [6.07, 6.45) is 0.105. The lowest BCUT2D eigenvalue weighted by Crippen LogP contribution is -2.25. The smallest absolute Gasteiger partial charge is 0.414 e. The number of rotatable bonds is 4. The number of ether oxygens (including phenoxy) is 1. The standard InChI is InChI=1S/C17H15FN6O3/c1-23-21-16(20-22-23)15-5-2-10(7-19-15)13-4-3-11(6-14(13)18)24-8-12(9-25)27-17(24)26/h2-7,12,25H,8-9H2,1H3/t12-/m1/s1/i1+1D3. The van der Waals surface area contributed by atoms with Gasteiger partial charge in [0.25, 0.3) is 0 Å². The second kappa shape index (κ2) is 6.72. The third kappa shape index (κ3) is 3.22. The number of halogens is 1. The van der Waals surface area contributed by atoms with Gasteiger partial charge in [0.1, 0.15) is 17.6 Å². The molecule has 1 aliphatic heterocycles. The summed E-state index contributed by atoms with van der Waals surface area (Å²) in [6.45, 7) is -2.72. The number of pyridine rings is 1. The summed E-state index contributed by atoms with van der Waals surface area (Å²) in [5.41, 5.74) is 1.31. The van der Waals surface area contributed by atoms with Gasteiger partial charge in [-0.15, -0.1) is 10.2 Å². The molecule has 27 heavy (non-hydrogen) atoms. The van der Waals surface area contributed by atoms with Gasteiger partial charge in [0.2, 0.25) is 5.82 Å². The predicted octanol–water partition coefficient (Wildman–Crippen LogP) is 1.40. The summed E-state index contributed by atoms with van der Waals surface area (Å²) >= 11 is 0. The molecule has 1 saturated heterocycles. The van der Waals surface area contributed by atoms with Crippen molar-refractivity contribution >= 4 is 11.8 Å². The van der Waals surface area contributed by atoms with Crippen LogP contribution >= 0.6 is 0 Å². The quantitative estimate of drug-likeness (QED) is 0.688. The molecule has 9 nitrogen and oxygen atoms in total. The van der Waals surface area contributed by atoms with E-state index in [0.29, 0.717) is 16.0 Å². The SMILES string of the molecule is [2H][13C]([2H])([2H])n1nnc(-c2ccc(-c3ccc(N4C[C@H](CO)OC4=O)cc3F)cn2)n1. The number of anilines is 1. The van der Waals surface area contributed by atoms with Crippen LogP contribution in [0.1, 0.15) is 4.11 Å². The molecule has 0 radical (unpaired) electrons. The average molecular weight is 374 g/mol. The molecule has 3 aromatic rings. The molecule has 1 aliphatic rings. The molecule has 1 amide bonds. The largest absolute Gasteiger partial charge is 0.441 e. The highest BCUT2D eigenvalue weighted by Crippen LogP contribution is 2.29. The molecule has 3 heterocycles. The lowest BCUT2D eigenvalue weighted by molar-refractivity contribution is 0.0963. The van der Waals surface area contributed by atoms with Crippen LogP contribution < -0.4 is 4.90 Å². The van der Waals surface area contributed by atoms with Crippen molar-refractivity contribution in [1.82, 2.24) is 25.2 Å². The molecular weight excluding hydrogens is 356 g/mol. The Morgan fingerprint density at radius 2 is 2.30 bits per heavy atom. The van der Waals surface area contributed by atoms with Crippen molar-refractivity contribution in [3.05, 3.63) is 42.3 Å². The summed E-state index contributed by atoms with van der Waals surface area (Å²) in [5.74, 6) is -0.548. The van der Waals surface area contributed by atoms with Crippen LogP contribution in [-0.4, -0.2) is 55.6 Å². The van der Waals surface area contributed by atoms with Crippen LogP contribution in [0.4, 0.5) is 14.9 Å². The van der Waals surface area contributed by atoms with Crippen molar-refractivity contribution in [2.45, 2.75) is 6.10 Å². The van der Waals surface area contributed by atoms with Crippen molar-refractivity contribution in [3.8, 4) is 22.6 Å². The van der Waals surface area contributed by atoms with Gasteiger partial charge in [-0.2, -0.15) is 4.80 Å². The van der Waals surface area contributed by atoms with Crippen molar-refractivity contribution in [2.24, 2.45) is 6.98 Å². The van der Waals surface area contributed by atoms with E-state index in [9.17, 15) is 9.18 Å². The first-order valence-corrected chi connectivity index (χ1v) is 7.92. The third-order valence-corrected chi connectivity index (χ3v) is 4.06. The molecule has 1 atom stereocenters. The molecule has 0 spiro atoms. The minimum absolute atomic E-state index is 0.0273. The highest BCUT2D eigenvalue weighted by Gasteiger charge is 2.32. The van der Waals surface area contributed by atoms with Crippen molar-refractivity contribution in [3.63, 3.8) is 0 Å². The van der Waals surface area contributed by atoms with Crippen LogP contribution in [0, 0.1) is 5.82 Å². The maximum Gasteiger partial charge on any atom is 0.414 e. The molecule has 10 heteroatoms. The normalized spacial score (nSPS) is 18.7. The van der Waals surface area contributed by atoms with Gasteiger partial charge in [0.15, 0.2) is 0 Å². The zero-order valence-corrected chi connectivity index (χ0v) is 13.8. The molecular formula is C17H15FN6O3. The topological polar surface area (TPSA) is 106 Å². The van der Waals surface area contributed by atoms with Gasteiger partial charge < -0.3 is 9.84 Å². The number of carbonyl (C=O) groups is 1. The van der Waals surface area contributed by atoms with Crippen LogP contribution in [0.25, 0.3) is 22.6 Å². The van der Waals surface area contributed by atoms with Crippen LogP contribution in [-0.2, 0) is 11.7 Å². The minimum Gasteiger partial charge on any atom is -0.441 e. The lowest BCUT2D eigenvalue weighted by Gasteiger charge is -2.14. The molecule has 0 saturated carbocycles. The minimum atomic E-state index is -2.55. The van der Waals surface area contributed by atoms with Crippen LogP contribution in [0.15, 0.2) is 36.5 Å². The van der Waals surface area contributed by atoms with Crippen molar-refractivity contribution in [1.29, 1.82) is 0 Å². The van der Waals surface area contributed by atoms with E-state index in [2.05, 4.69) is 20.4 Å². The van der Waals surface area contributed by atoms with Gasteiger partial charge >= 0.3 is 6.09 Å². The fourth-order valence-corrected chi connectivity index (χ4v) is 2.74. The van der Waals surface area contributed by atoms with Gasteiger partial charge in [-0.3, -0.25) is 9.88 Å². The molecule has 138 valence electrons. The summed E-state index contributed by atoms with van der Waals surface area (Å²) in [7, 11) is 0. The Labute approximate surface area is 157 Å². The van der Waals surface area contributed by atoms with E-state index >= 15 is 0 Å². The number of cyclic esters (lactones) is 1. The maximum atomic E-state index is 14.7. The number of hydrogen-bond acceptors (Lipinski definition) is 7. The van der Waals surface area contributed by atoms with Gasteiger partial charge in [-0.1, -0.05) is 6.07 Å². The van der Waals surface area contributed by atoms with E-state index in [-0.39, 0.29) is 30.2 Å². The number of aliphatic hydroxyl groups is 1. The first-order chi connectivity index (χ1) is 14.3. The molecule has 2 aromatic heterocycles. The van der Waals surface area contributed by atoms with Crippen LogP contribution in [0.5, 0.6) is 0 Å². The molecule has 0 unspecified atom stereocenters. The maximum absolute atomic E-state index is 14.7. The second-order valence-electron chi connectivity index (χ2n) is 5.80. The average Bonchev–Trinajstić information content (AvgIpc) is 3.35. The predicted molar refractivity (Wildman–Crippen MR) is 92.1 cm³/mol. The third-order valence-electron chi connectivity index (χ3n) is 4.06. The van der Waals surface area contributed by atoms with Gasteiger partial charge in [-0.05, 0) is 29.5 Å². The molecule has 0 bridgehead atoms. The number of benzene rings is 1. The molecule has 4 rings (SSSR count). The Kier molecular flexibility index (Phi) is 3.43. The molecule has 1 N–H and O–H groups in total. The Morgan fingerprint density at radius 3 is 2.93 bits per heavy atom. The first-order valence-electron chi connectivity index (χ1n) is 9.42. The van der Waals surface area contributed by atoms with E-state index in [1.807, 2.05) is 0 Å². The highest BCUT2D eigenvalue weighted by molar-refractivity contribution is 5.90. The van der Waals surface area contributed by atoms with Gasteiger partial charge in [-0.25, -0.2) is 9.18 Å². The number of hydrogen-bond donors (Lipinski definition) is 1. The van der Waals surface area contributed by atoms with Crippen molar-refractivity contribution < 1.29 is 23.1 Å². The molecule has 1 fully saturated rings. The van der Waals surface area contributed by atoms with Crippen LogP contribution in [0.2, 0.25) is 0 Å². The summed E-state index contributed by atoms with van der Waals surface area (Å²) in [5, 5.41) is 20.0. The fourth-order valence-electron chi connectivity index (χ4n) is 2.74. The van der Waals surface area contributed by atoms with Crippen LogP contribution in [0.3, 0.4) is 0 Å². The van der Waals surface area contributed by atoms with E-state index in [0.717, 1.165) is 0 Å². The molecule has 0 aliphatic carbocycles. The van der Waals surface area contributed by atoms with Gasteiger partial charge in [0, 0.05) is 21.4 Å².